The highest BCUT2D eigenvalue weighted by Crippen LogP contribution is 2.21. The summed E-state index contributed by atoms with van der Waals surface area (Å²) < 4.78 is 5.50. The molecule has 1 fully saturated rings. The molecule has 8 heteroatoms. The smallest absolute Gasteiger partial charge is 0.230 e. The summed E-state index contributed by atoms with van der Waals surface area (Å²) in [6.45, 7) is 7.53. The van der Waals surface area contributed by atoms with Crippen molar-refractivity contribution >= 4 is 10.9 Å². The molecule has 0 bridgehead atoms. The van der Waals surface area contributed by atoms with Crippen molar-refractivity contribution in [1.82, 2.24) is 30.2 Å². The highest BCUT2D eigenvalue weighted by atomic mass is 16.4. The maximum atomic E-state index is 10.6. The van der Waals surface area contributed by atoms with E-state index in [1.165, 1.54) is 5.56 Å². The van der Waals surface area contributed by atoms with Crippen LogP contribution < -0.4 is 0 Å². The van der Waals surface area contributed by atoms with E-state index in [1.54, 1.807) is 6.92 Å². The Labute approximate surface area is 151 Å². The number of fused-ring (bicyclic) bond motifs is 1. The second-order valence-corrected chi connectivity index (χ2v) is 6.90. The van der Waals surface area contributed by atoms with E-state index in [-0.39, 0.29) is 6.04 Å². The lowest BCUT2D eigenvalue weighted by molar-refractivity contribution is 0.0760. The van der Waals surface area contributed by atoms with Crippen LogP contribution in [0.2, 0.25) is 0 Å². The quantitative estimate of drug-likeness (QED) is 0.688. The molecule has 1 saturated heterocycles. The average molecular weight is 356 g/mol. The number of aliphatic hydroxyl groups excluding tert-OH is 1. The van der Waals surface area contributed by atoms with Crippen molar-refractivity contribution < 1.29 is 9.52 Å². The second-order valence-electron chi connectivity index (χ2n) is 6.90. The molecule has 0 aliphatic carbocycles. The zero-order chi connectivity index (χ0) is 18.1. The van der Waals surface area contributed by atoms with E-state index in [0.29, 0.717) is 24.9 Å². The molecule has 8 nitrogen and oxygen atoms in total. The van der Waals surface area contributed by atoms with E-state index < -0.39 is 6.10 Å². The van der Waals surface area contributed by atoms with Gasteiger partial charge in [0, 0.05) is 31.9 Å². The molecule has 1 aliphatic rings. The number of aliphatic hydroxyl groups is 1. The maximum Gasteiger partial charge on any atom is 0.230 e. The Bertz CT molecular complexity index is 875. The number of hydrogen-bond donors (Lipinski definition) is 2. The van der Waals surface area contributed by atoms with Crippen LogP contribution in [0, 0.1) is 6.92 Å². The van der Waals surface area contributed by atoms with Gasteiger partial charge in [0.15, 0.2) is 0 Å². The van der Waals surface area contributed by atoms with Gasteiger partial charge >= 0.3 is 0 Å². The molecule has 3 heterocycles. The van der Waals surface area contributed by atoms with Crippen molar-refractivity contribution in [3.05, 3.63) is 41.7 Å². The van der Waals surface area contributed by atoms with Gasteiger partial charge in [-0.2, -0.15) is 5.10 Å². The van der Waals surface area contributed by atoms with Crippen LogP contribution in [-0.2, 0) is 13.1 Å². The summed E-state index contributed by atoms with van der Waals surface area (Å²) in [6, 6.07) is 6.38. The Morgan fingerprint density at radius 1 is 1.35 bits per heavy atom. The van der Waals surface area contributed by atoms with E-state index >= 15 is 0 Å². The molecule has 1 aromatic carbocycles. The van der Waals surface area contributed by atoms with Crippen LogP contribution in [0.5, 0.6) is 0 Å². The van der Waals surface area contributed by atoms with Crippen LogP contribution in [-0.4, -0.2) is 67.1 Å². The van der Waals surface area contributed by atoms with Crippen LogP contribution in [0.3, 0.4) is 0 Å². The van der Waals surface area contributed by atoms with Crippen molar-refractivity contribution in [1.29, 1.82) is 0 Å². The number of H-pyrrole nitrogens is 1. The van der Waals surface area contributed by atoms with Gasteiger partial charge in [-0.15, -0.1) is 10.2 Å². The van der Waals surface area contributed by atoms with E-state index in [4.69, 9.17) is 4.42 Å². The first-order valence-electron chi connectivity index (χ1n) is 8.98. The lowest BCUT2D eigenvalue weighted by Gasteiger charge is -2.28. The van der Waals surface area contributed by atoms with Gasteiger partial charge in [0.2, 0.25) is 11.8 Å². The van der Waals surface area contributed by atoms with Gasteiger partial charge in [-0.05, 0) is 18.2 Å². The van der Waals surface area contributed by atoms with Crippen molar-refractivity contribution in [2.75, 3.05) is 19.6 Å². The van der Waals surface area contributed by atoms with Gasteiger partial charge in [-0.25, -0.2) is 0 Å². The molecule has 2 aromatic heterocycles. The number of aryl methyl sites for hydroxylation is 1. The Hall–Kier alpha value is -2.29. The van der Waals surface area contributed by atoms with Gasteiger partial charge in [0.1, 0.15) is 0 Å². The molecule has 0 spiro atoms. The van der Waals surface area contributed by atoms with Crippen molar-refractivity contribution in [2.45, 2.75) is 39.1 Å². The first kappa shape index (κ1) is 17.1. The van der Waals surface area contributed by atoms with Crippen molar-refractivity contribution in [2.24, 2.45) is 0 Å². The van der Waals surface area contributed by atoms with Crippen molar-refractivity contribution in [3.63, 3.8) is 0 Å². The number of likely N-dealkylation sites (N-methyl/N-ethyl adjacent to an activating group) is 1. The van der Waals surface area contributed by atoms with Crippen molar-refractivity contribution in [3.8, 4) is 0 Å². The van der Waals surface area contributed by atoms with Gasteiger partial charge in [0.05, 0.1) is 30.4 Å². The van der Waals surface area contributed by atoms with E-state index in [2.05, 4.69) is 55.3 Å². The fourth-order valence-corrected chi connectivity index (χ4v) is 3.71. The standard InChI is InChI=1S/C18H24N6O2/c1-3-24(11-18-22-20-12(2)26-18)16-9-23(10-17(16)25)8-13-4-5-14-7-19-21-15(14)6-13/h4-7,16-17,25H,3,8-11H2,1-2H3,(H,19,21)/t16-,17+/m0/s1. The Balaban J connectivity index is 1.42. The maximum absolute atomic E-state index is 10.6. The first-order valence-corrected chi connectivity index (χ1v) is 8.98. The van der Waals surface area contributed by atoms with E-state index in [0.717, 1.165) is 30.5 Å². The largest absolute Gasteiger partial charge is 0.424 e. The number of nitrogens with zero attached hydrogens (tertiary/aromatic N) is 5. The van der Waals surface area contributed by atoms with Crippen LogP contribution >= 0.6 is 0 Å². The second kappa shape index (κ2) is 7.14. The molecule has 0 unspecified atom stereocenters. The predicted octanol–water partition coefficient (Wildman–Crippen LogP) is 1.32. The highest BCUT2D eigenvalue weighted by Gasteiger charge is 2.35. The highest BCUT2D eigenvalue weighted by molar-refractivity contribution is 5.78. The fraction of sp³-hybridized carbons (Fsp3) is 0.500. The number of aromatic nitrogens is 4. The Kier molecular flexibility index (Phi) is 4.71. The fourth-order valence-electron chi connectivity index (χ4n) is 3.71. The van der Waals surface area contributed by atoms with Crippen LogP contribution in [0.4, 0.5) is 0 Å². The zero-order valence-corrected chi connectivity index (χ0v) is 15.1. The molecule has 2 N–H and O–H groups in total. The summed E-state index contributed by atoms with van der Waals surface area (Å²) >= 11 is 0. The third-order valence-electron chi connectivity index (χ3n) is 5.03. The zero-order valence-electron chi connectivity index (χ0n) is 15.1. The van der Waals surface area contributed by atoms with Gasteiger partial charge in [-0.1, -0.05) is 19.1 Å². The van der Waals surface area contributed by atoms with E-state index in [1.807, 2.05) is 6.20 Å². The molecular weight excluding hydrogens is 332 g/mol. The monoisotopic (exact) mass is 356 g/mol. The minimum absolute atomic E-state index is 0.0584. The lowest BCUT2D eigenvalue weighted by atomic mass is 10.1. The first-order chi connectivity index (χ1) is 12.6. The Morgan fingerprint density at radius 3 is 3.00 bits per heavy atom. The third-order valence-corrected chi connectivity index (χ3v) is 5.03. The molecule has 138 valence electrons. The third kappa shape index (κ3) is 3.48. The molecule has 4 rings (SSSR count). The molecule has 1 aliphatic heterocycles. The molecule has 0 saturated carbocycles. The normalized spacial score (nSPS) is 21.2. The number of likely N-dealkylation sites (tertiary alicyclic amines) is 1. The number of β-amino-alcohol motifs (C(OH)–C–C–N with tert-alkyl or cyclic N) is 1. The number of benzene rings is 1. The average Bonchev–Trinajstić information content (AvgIpc) is 3.33. The summed E-state index contributed by atoms with van der Waals surface area (Å²) in [5.74, 6) is 1.17. The lowest BCUT2D eigenvalue weighted by Crippen LogP contribution is -2.42. The summed E-state index contributed by atoms with van der Waals surface area (Å²) in [5.41, 5.74) is 2.26. The molecule has 0 amide bonds. The molecule has 0 radical (unpaired) electrons. The number of rotatable bonds is 6. The van der Waals surface area contributed by atoms with Gasteiger partial charge < -0.3 is 9.52 Å². The summed E-state index contributed by atoms with van der Waals surface area (Å²) in [5, 5.41) is 26.7. The van der Waals surface area contributed by atoms with Crippen LogP contribution in [0.25, 0.3) is 10.9 Å². The molecule has 26 heavy (non-hydrogen) atoms. The summed E-state index contributed by atoms with van der Waals surface area (Å²) in [6.07, 6.45) is 1.43. The van der Waals surface area contributed by atoms with Crippen LogP contribution in [0.1, 0.15) is 24.3 Å². The number of aromatic amines is 1. The minimum Gasteiger partial charge on any atom is -0.424 e. The van der Waals surface area contributed by atoms with E-state index in [9.17, 15) is 5.11 Å². The number of hydrogen-bond acceptors (Lipinski definition) is 7. The summed E-state index contributed by atoms with van der Waals surface area (Å²) in [4.78, 5) is 4.49. The SMILES string of the molecule is CCN(Cc1nnc(C)o1)[C@H]1CN(Cc2ccc3cn[nH]c3c2)C[C@H]1O. The predicted molar refractivity (Wildman–Crippen MR) is 96.3 cm³/mol. The van der Waals surface area contributed by atoms with Gasteiger partial charge in [0.25, 0.3) is 0 Å². The van der Waals surface area contributed by atoms with Gasteiger partial charge in [-0.3, -0.25) is 14.9 Å². The topological polar surface area (TPSA) is 94.3 Å². The number of nitrogens with one attached hydrogen (secondary N) is 1. The molecular formula is C18H24N6O2. The molecule has 3 aromatic rings. The Morgan fingerprint density at radius 2 is 2.23 bits per heavy atom. The van der Waals surface area contributed by atoms with Crippen LogP contribution in [0.15, 0.2) is 28.8 Å². The molecule has 2 atom stereocenters. The summed E-state index contributed by atoms with van der Waals surface area (Å²) in [7, 11) is 0. The minimum atomic E-state index is -0.394.